The molecule has 0 amide bonds. The molecular weight excluding hydrogens is 424 g/mol. The van der Waals surface area contributed by atoms with E-state index in [0.717, 1.165) is 23.3 Å². The van der Waals surface area contributed by atoms with Gasteiger partial charge in [0, 0.05) is 23.1 Å². The SMILES string of the molecule is CSc1nnc(-c2ccc([C@@H](C)[C@@](O)(Cn3cncn3)c3ccc(F)cc3F)cc2)o1. The Morgan fingerprint density at radius 2 is 1.94 bits per heavy atom. The van der Waals surface area contributed by atoms with Crippen molar-refractivity contribution < 1.29 is 18.3 Å². The van der Waals surface area contributed by atoms with Crippen molar-refractivity contribution in [2.75, 3.05) is 6.26 Å². The molecule has 0 unspecified atom stereocenters. The third-order valence-corrected chi connectivity index (χ3v) is 5.74. The predicted octanol–water partition coefficient (Wildman–Crippen LogP) is 4.02. The molecule has 0 saturated carbocycles. The van der Waals surface area contributed by atoms with Crippen LogP contribution < -0.4 is 0 Å². The van der Waals surface area contributed by atoms with Gasteiger partial charge in [-0.1, -0.05) is 36.9 Å². The number of hydrogen-bond acceptors (Lipinski definition) is 7. The zero-order valence-corrected chi connectivity index (χ0v) is 17.6. The molecule has 160 valence electrons. The molecule has 0 aliphatic heterocycles. The van der Waals surface area contributed by atoms with Gasteiger partial charge in [-0.3, -0.25) is 0 Å². The van der Waals surface area contributed by atoms with Crippen LogP contribution in [0, 0.1) is 11.6 Å². The lowest BCUT2D eigenvalue weighted by atomic mass is 9.78. The van der Waals surface area contributed by atoms with Gasteiger partial charge in [0.05, 0.1) is 6.54 Å². The van der Waals surface area contributed by atoms with E-state index in [-0.39, 0.29) is 12.1 Å². The summed E-state index contributed by atoms with van der Waals surface area (Å²) in [5.41, 5.74) is -0.289. The minimum absolute atomic E-state index is 0.0255. The Bertz CT molecular complexity index is 1170. The van der Waals surface area contributed by atoms with Crippen LogP contribution in [0.1, 0.15) is 24.0 Å². The second-order valence-electron chi connectivity index (χ2n) is 7.06. The molecule has 7 nitrogen and oxygen atoms in total. The summed E-state index contributed by atoms with van der Waals surface area (Å²) < 4.78 is 35.1. The topological polar surface area (TPSA) is 89.9 Å². The average molecular weight is 443 g/mol. The highest BCUT2D eigenvalue weighted by molar-refractivity contribution is 7.98. The van der Waals surface area contributed by atoms with E-state index in [1.54, 1.807) is 31.2 Å². The monoisotopic (exact) mass is 443 g/mol. The van der Waals surface area contributed by atoms with Crippen LogP contribution in [-0.4, -0.2) is 36.3 Å². The summed E-state index contributed by atoms with van der Waals surface area (Å²) in [7, 11) is 0. The van der Waals surface area contributed by atoms with Gasteiger partial charge in [0.15, 0.2) is 0 Å². The van der Waals surface area contributed by atoms with E-state index in [9.17, 15) is 13.9 Å². The highest BCUT2D eigenvalue weighted by atomic mass is 32.2. The van der Waals surface area contributed by atoms with Gasteiger partial charge < -0.3 is 9.52 Å². The van der Waals surface area contributed by atoms with Crippen molar-refractivity contribution in [2.24, 2.45) is 0 Å². The molecule has 2 heterocycles. The van der Waals surface area contributed by atoms with E-state index in [0.29, 0.717) is 11.1 Å². The molecule has 0 aliphatic rings. The number of aliphatic hydroxyl groups is 1. The zero-order chi connectivity index (χ0) is 22.0. The molecule has 0 spiro atoms. The molecule has 1 N–H and O–H groups in total. The molecule has 0 radical (unpaired) electrons. The lowest BCUT2D eigenvalue weighted by Crippen LogP contribution is -2.38. The summed E-state index contributed by atoms with van der Waals surface area (Å²) >= 11 is 1.35. The second kappa shape index (κ2) is 8.56. The van der Waals surface area contributed by atoms with Crippen LogP contribution >= 0.6 is 11.8 Å². The lowest BCUT2D eigenvalue weighted by molar-refractivity contribution is -0.0112. The van der Waals surface area contributed by atoms with Crippen molar-refractivity contribution in [3.8, 4) is 11.5 Å². The Kier molecular flexibility index (Phi) is 5.84. The first kappa shape index (κ1) is 21.1. The molecule has 31 heavy (non-hydrogen) atoms. The molecule has 0 saturated heterocycles. The van der Waals surface area contributed by atoms with Crippen molar-refractivity contribution in [1.29, 1.82) is 0 Å². The van der Waals surface area contributed by atoms with Crippen molar-refractivity contribution in [3.05, 3.63) is 77.9 Å². The van der Waals surface area contributed by atoms with Crippen LogP contribution in [0.5, 0.6) is 0 Å². The van der Waals surface area contributed by atoms with E-state index in [4.69, 9.17) is 4.42 Å². The first-order valence-corrected chi connectivity index (χ1v) is 10.6. The normalized spacial score (nSPS) is 14.4. The maximum absolute atomic E-state index is 14.7. The Morgan fingerprint density at radius 3 is 2.55 bits per heavy atom. The Balaban J connectivity index is 1.70. The first-order chi connectivity index (χ1) is 14.9. The standard InChI is InChI=1S/C21H19F2N5O2S/c1-13(14-3-5-15(6-4-14)19-26-27-20(30-19)31-2)21(29,10-28-12-24-11-25-28)17-8-7-16(22)9-18(17)23/h3-9,11-13,29H,10H2,1-2H3/t13-,21+/m1/s1. The maximum Gasteiger partial charge on any atom is 0.276 e. The first-order valence-electron chi connectivity index (χ1n) is 9.39. The highest BCUT2D eigenvalue weighted by Crippen LogP contribution is 2.40. The fourth-order valence-electron chi connectivity index (χ4n) is 3.46. The Morgan fingerprint density at radius 1 is 1.16 bits per heavy atom. The zero-order valence-electron chi connectivity index (χ0n) is 16.7. The van der Waals surface area contributed by atoms with Gasteiger partial charge in [-0.25, -0.2) is 18.4 Å². The van der Waals surface area contributed by atoms with Gasteiger partial charge in [0.2, 0.25) is 5.89 Å². The number of hydrogen-bond donors (Lipinski definition) is 1. The van der Waals surface area contributed by atoms with Crippen LogP contribution in [0.3, 0.4) is 0 Å². The van der Waals surface area contributed by atoms with E-state index in [1.807, 2.05) is 6.26 Å². The summed E-state index contributed by atoms with van der Waals surface area (Å²) in [4.78, 5) is 3.88. The fraction of sp³-hybridized carbons (Fsp3) is 0.238. The second-order valence-corrected chi connectivity index (χ2v) is 7.82. The molecule has 4 rings (SSSR count). The maximum atomic E-state index is 14.7. The molecule has 10 heteroatoms. The Hall–Kier alpha value is -3.11. The summed E-state index contributed by atoms with van der Waals surface area (Å²) in [6.07, 6.45) is 4.60. The summed E-state index contributed by atoms with van der Waals surface area (Å²) in [5, 5.41) is 24.1. The van der Waals surface area contributed by atoms with Gasteiger partial charge in [-0.2, -0.15) is 5.10 Å². The van der Waals surface area contributed by atoms with Gasteiger partial charge in [0.1, 0.15) is 29.9 Å². The van der Waals surface area contributed by atoms with E-state index >= 15 is 0 Å². The van der Waals surface area contributed by atoms with Crippen molar-refractivity contribution in [2.45, 2.75) is 30.2 Å². The predicted molar refractivity (Wildman–Crippen MR) is 110 cm³/mol. The van der Waals surface area contributed by atoms with Gasteiger partial charge in [-0.15, -0.1) is 10.2 Å². The molecule has 0 fully saturated rings. The van der Waals surface area contributed by atoms with Crippen molar-refractivity contribution in [1.82, 2.24) is 25.0 Å². The van der Waals surface area contributed by atoms with E-state index in [2.05, 4.69) is 20.3 Å². The number of rotatable bonds is 7. The molecule has 0 bridgehead atoms. The molecule has 4 aromatic rings. The lowest BCUT2D eigenvalue weighted by Gasteiger charge is -2.35. The number of halogens is 2. The van der Waals surface area contributed by atoms with E-state index in [1.165, 1.54) is 35.2 Å². The number of aromatic nitrogens is 5. The van der Waals surface area contributed by atoms with Crippen LogP contribution in [0.2, 0.25) is 0 Å². The fourth-order valence-corrected chi connectivity index (χ4v) is 3.74. The molecule has 0 aliphatic carbocycles. The quantitative estimate of drug-likeness (QED) is 0.432. The number of benzene rings is 2. The van der Waals surface area contributed by atoms with Crippen LogP contribution in [0.15, 0.2) is 64.8 Å². The molecule has 2 atom stereocenters. The highest BCUT2D eigenvalue weighted by Gasteiger charge is 2.40. The van der Waals surface area contributed by atoms with Gasteiger partial charge in [-0.05, 0) is 30.0 Å². The average Bonchev–Trinajstić information content (AvgIpc) is 3.45. The minimum Gasteiger partial charge on any atom is -0.411 e. The van der Waals surface area contributed by atoms with Crippen molar-refractivity contribution in [3.63, 3.8) is 0 Å². The van der Waals surface area contributed by atoms with Crippen LogP contribution in [0.25, 0.3) is 11.5 Å². The number of nitrogens with zero attached hydrogens (tertiary/aromatic N) is 5. The van der Waals surface area contributed by atoms with Crippen molar-refractivity contribution >= 4 is 11.8 Å². The molecule has 2 aromatic heterocycles. The smallest absolute Gasteiger partial charge is 0.276 e. The largest absolute Gasteiger partial charge is 0.411 e. The third kappa shape index (κ3) is 4.21. The van der Waals surface area contributed by atoms with Crippen LogP contribution in [0.4, 0.5) is 8.78 Å². The summed E-state index contributed by atoms with van der Waals surface area (Å²) in [6, 6.07) is 10.3. The van der Waals surface area contributed by atoms with Gasteiger partial charge >= 0.3 is 0 Å². The summed E-state index contributed by atoms with van der Waals surface area (Å²) in [5.74, 6) is -1.74. The van der Waals surface area contributed by atoms with Crippen LogP contribution in [-0.2, 0) is 12.1 Å². The van der Waals surface area contributed by atoms with E-state index < -0.39 is 23.2 Å². The third-order valence-electron chi connectivity index (χ3n) is 5.22. The van der Waals surface area contributed by atoms with Gasteiger partial charge in [0.25, 0.3) is 5.22 Å². The number of thioether (sulfide) groups is 1. The molecule has 2 aromatic carbocycles. The molecular formula is C21H19F2N5O2S. The Labute approximate surface area is 181 Å². The minimum atomic E-state index is -1.72. The summed E-state index contributed by atoms with van der Waals surface area (Å²) in [6.45, 7) is 1.70.